The number of H-pyrrole nitrogens is 1. The van der Waals surface area contributed by atoms with Gasteiger partial charge in [0.2, 0.25) is 5.91 Å². The molecule has 2 heterocycles. The number of piperidine rings is 1. The van der Waals surface area contributed by atoms with E-state index in [1.807, 2.05) is 36.5 Å². The summed E-state index contributed by atoms with van der Waals surface area (Å²) in [5.74, 6) is -0.327. The van der Waals surface area contributed by atoms with Gasteiger partial charge < -0.3 is 15.2 Å². The molecule has 5 nitrogen and oxygen atoms in total. The van der Waals surface area contributed by atoms with Gasteiger partial charge in [-0.3, -0.25) is 9.59 Å². The summed E-state index contributed by atoms with van der Waals surface area (Å²) in [5, 5.41) is 4.49. The molecule has 3 aromatic rings. The average molecular weight is 382 g/mol. The first-order chi connectivity index (χ1) is 13.1. The maximum absolute atomic E-state index is 12.9. The molecule has 0 spiro atoms. The summed E-state index contributed by atoms with van der Waals surface area (Å²) in [7, 11) is 0. The van der Waals surface area contributed by atoms with E-state index in [4.69, 9.17) is 11.6 Å². The van der Waals surface area contributed by atoms with Crippen LogP contribution in [0.1, 0.15) is 23.2 Å². The van der Waals surface area contributed by atoms with Crippen molar-refractivity contribution in [2.75, 3.05) is 18.4 Å². The Kier molecular flexibility index (Phi) is 4.86. The lowest BCUT2D eigenvalue weighted by atomic mass is 9.96. The lowest BCUT2D eigenvalue weighted by Crippen LogP contribution is -2.43. The number of hydrogen-bond donors (Lipinski definition) is 2. The number of aromatic nitrogens is 1. The van der Waals surface area contributed by atoms with Crippen molar-refractivity contribution in [1.82, 2.24) is 9.88 Å². The van der Waals surface area contributed by atoms with Gasteiger partial charge in [0.05, 0.1) is 5.92 Å². The van der Waals surface area contributed by atoms with Crippen LogP contribution in [0.4, 0.5) is 5.69 Å². The van der Waals surface area contributed by atoms with Gasteiger partial charge in [0, 0.05) is 46.5 Å². The van der Waals surface area contributed by atoms with E-state index in [1.54, 1.807) is 23.1 Å². The molecule has 1 aliphatic rings. The van der Waals surface area contributed by atoms with Crippen molar-refractivity contribution in [1.29, 1.82) is 0 Å². The molecular formula is C21H20ClN3O2. The Morgan fingerprint density at radius 3 is 2.89 bits per heavy atom. The number of carbonyl (C=O) groups is 2. The van der Waals surface area contributed by atoms with Crippen LogP contribution in [0.25, 0.3) is 10.9 Å². The molecule has 4 rings (SSSR count). The molecule has 0 saturated carbocycles. The van der Waals surface area contributed by atoms with Gasteiger partial charge in [0.25, 0.3) is 5.91 Å². The highest BCUT2D eigenvalue weighted by Gasteiger charge is 2.29. The number of halogens is 1. The lowest BCUT2D eigenvalue weighted by Gasteiger charge is -2.32. The highest BCUT2D eigenvalue weighted by molar-refractivity contribution is 6.30. The summed E-state index contributed by atoms with van der Waals surface area (Å²) >= 11 is 5.97. The summed E-state index contributed by atoms with van der Waals surface area (Å²) < 4.78 is 0. The fourth-order valence-corrected chi connectivity index (χ4v) is 3.75. The molecule has 27 heavy (non-hydrogen) atoms. The van der Waals surface area contributed by atoms with Gasteiger partial charge in [-0.25, -0.2) is 0 Å². The van der Waals surface area contributed by atoms with Gasteiger partial charge >= 0.3 is 0 Å². The first kappa shape index (κ1) is 17.6. The molecule has 138 valence electrons. The van der Waals surface area contributed by atoms with Gasteiger partial charge in [-0.2, -0.15) is 0 Å². The third-order valence-corrected chi connectivity index (χ3v) is 5.21. The van der Waals surface area contributed by atoms with Crippen LogP contribution in [0.2, 0.25) is 5.02 Å². The number of nitrogens with zero attached hydrogens (tertiary/aromatic N) is 1. The van der Waals surface area contributed by atoms with Crippen LogP contribution in [0.5, 0.6) is 0 Å². The average Bonchev–Trinajstić information content (AvgIpc) is 3.15. The predicted molar refractivity (Wildman–Crippen MR) is 107 cm³/mol. The maximum atomic E-state index is 12.9. The second-order valence-electron chi connectivity index (χ2n) is 6.87. The van der Waals surface area contributed by atoms with E-state index in [9.17, 15) is 9.59 Å². The highest BCUT2D eigenvalue weighted by atomic mass is 35.5. The van der Waals surface area contributed by atoms with Gasteiger partial charge in [0.1, 0.15) is 0 Å². The predicted octanol–water partition coefficient (Wildman–Crippen LogP) is 4.31. The summed E-state index contributed by atoms with van der Waals surface area (Å²) in [4.78, 5) is 30.4. The van der Waals surface area contributed by atoms with Crippen LogP contribution in [0.15, 0.2) is 54.7 Å². The largest absolute Gasteiger partial charge is 0.361 e. The lowest BCUT2D eigenvalue weighted by molar-refractivity contribution is -0.121. The van der Waals surface area contributed by atoms with E-state index < -0.39 is 0 Å². The number of nitrogens with one attached hydrogen (secondary N) is 2. The highest BCUT2D eigenvalue weighted by Crippen LogP contribution is 2.23. The topological polar surface area (TPSA) is 65.2 Å². The van der Waals surface area contributed by atoms with Crippen molar-refractivity contribution >= 4 is 40.0 Å². The molecule has 2 amide bonds. The summed E-state index contributed by atoms with van der Waals surface area (Å²) in [6.45, 7) is 1.10. The maximum Gasteiger partial charge on any atom is 0.253 e. The molecule has 1 aromatic heterocycles. The number of rotatable bonds is 3. The van der Waals surface area contributed by atoms with Crippen molar-refractivity contribution in [2.45, 2.75) is 12.8 Å². The van der Waals surface area contributed by atoms with Crippen molar-refractivity contribution in [3.8, 4) is 0 Å². The van der Waals surface area contributed by atoms with Gasteiger partial charge in [-0.15, -0.1) is 0 Å². The minimum Gasteiger partial charge on any atom is -0.361 e. The molecular weight excluding hydrogens is 362 g/mol. The Balaban J connectivity index is 1.45. The Morgan fingerprint density at radius 1 is 1.15 bits per heavy atom. The minimum absolute atomic E-state index is 0.0293. The molecule has 1 fully saturated rings. The molecule has 1 unspecified atom stereocenters. The molecule has 1 aliphatic heterocycles. The molecule has 0 bridgehead atoms. The second kappa shape index (κ2) is 7.45. The summed E-state index contributed by atoms with van der Waals surface area (Å²) in [5.41, 5.74) is 2.33. The van der Waals surface area contributed by atoms with Crippen LogP contribution in [0, 0.1) is 5.92 Å². The van der Waals surface area contributed by atoms with E-state index in [2.05, 4.69) is 10.3 Å². The number of amides is 2. The van der Waals surface area contributed by atoms with Crippen molar-refractivity contribution in [2.24, 2.45) is 5.92 Å². The third kappa shape index (κ3) is 3.83. The van der Waals surface area contributed by atoms with Crippen LogP contribution >= 0.6 is 11.6 Å². The van der Waals surface area contributed by atoms with E-state index in [0.717, 1.165) is 23.7 Å². The Hall–Kier alpha value is -2.79. The molecule has 2 N–H and O–H groups in total. The van der Waals surface area contributed by atoms with Gasteiger partial charge in [0.15, 0.2) is 0 Å². The Labute approximate surface area is 162 Å². The van der Waals surface area contributed by atoms with Crippen LogP contribution < -0.4 is 5.32 Å². The minimum atomic E-state index is -0.224. The normalized spacial score (nSPS) is 17.1. The Morgan fingerprint density at radius 2 is 2.04 bits per heavy atom. The second-order valence-corrected chi connectivity index (χ2v) is 7.31. The fraction of sp³-hybridized carbons (Fsp3) is 0.238. The Bertz CT molecular complexity index is 998. The first-order valence-corrected chi connectivity index (χ1v) is 9.41. The quantitative estimate of drug-likeness (QED) is 0.709. The molecule has 1 atom stereocenters. The summed E-state index contributed by atoms with van der Waals surface area (Å²) in [6, 6.07) is 14.7. The molecule has 1 saturated heterocycles. The van der Waals surface area contributed by atoms with Crippen LogP contribution in [0.3, 0.4) is 0 Å². The number of carbonyl (C=O) groups excluding carboxylic acids is 2. The molecule has 2 aromatic carbocycles. The monoisotopic (exact) mass is 381 g/mol. The van der Waals surface area contributed by atoms with E-state index in [-0.39, 0.29) is 17.7 Å². The number of hydrogen-bond acceptors (Lipinski definition) is 2. The number of anilines is 1. The van der Waals surface area contributed by atoms with Crippen molar-refractivity contribution < 1.29 is 9.59 Å². The van der Waals surface area contributed by atoms with Crippen LogP contribution in [-0.4, -0.2) is 34.8 Å². The SMILES string of the molecule is O=C(Nc1cccc(Cl)c1)C1CCCN(C(=O)c2ccc3[nH]ccc3c2)C1. The summed E-state index contributed by atoms with van der Waals surface area (Å²) in [6.07, 6.45) is 3.44. The molecule has 0 aliphatic carbocycles. The van der Waals surface area contributed by atoms with Crippen molar-refractivity contribution in [3.05, 3.63) is 65.3 Å². The molecule has 6 heteroatoms. The zero-order valence-corrected chi connectivity index (χ0v) is 15.5. The third-order valence-electron chi connectivity index (χ3n) is 4.97. The zero-order valence-electron chi connectivity index (χ0n) is 14.7. The van der Waals surface area contributed by atoms with E-state index in [1.165, 1.54) is 0 Å². The van der Waals surface area contributed by atoms with Gasteiger partial charge in [-0.1, -0.05) is 17.7 Å². The molecule has 0 radical (unpaired) electrons. The van der Waals surface area contributed by atoms with E-state index >= 15 is 0 Å². The first-order valence-electron chi connectivity index (χ1n) is 9.03. The number of likely N-dealkylation sites (tertiary alicyclic amines) is 1. The zero-order chi connectivity index (χ0) is 18.8. The van der Waals surface area contributed by atoms with E-state index in [0.29, 0.717) is 29.4 Å². The van der Waals surface area contributed by atoms with Crippen LogP contribution in [-0.2, 0) is 4.79 Å². The number of aromatic amines is 1. The smallest absolute Gasteiger partial charge is 0.253 e. The number of benzene rings is 2. The van der Waals surface area contributed by atoms with Crippen molar-refractivity contribution in [3.63, 3.8) is 0 Å². The standard InChI is InChI=1S/C21H20ClN3O2/c22-17-4-1-5-18(12-17)24-20(26)16-3-2-10-25(13-16)21(27)15-6-7-19-14(11-15)8-9-23-19/h1,4-9,11-12,16,23H,2-3,10,13H2,(H,24,26). The van der Waals surface area contributed by atoms with Gasteiger partial charge in [-0.05, 0) is 55.3 Å². The number of fused-ring (bicyclic) bond motifs is 1. The fourth-order valence-electron chi connectivity index (χ4n) is 3.56.